The molecule has 0 radical (unpaired) electrons. The maximum atomic E-state index is 11.8. The van der Waals surface area contributed by atoms with Gasteiger partial charge in [0.25, 0.3) is 0 Å². The Labute approximate surface area is 136 Å². The number of carbonyl (C=O) groups excluding carboxylic acids is 1. The fourth-order valence-corrected chi connectivity index (χ4v) is 3.10. The number of morpholine rings is 1. The molecule has 1 saturated heterocycles. The highest BCUT2D eigenvalue weighted by atomic mass is 16.5. The Hall–Kier alpha value is -1.63. The minimum absolute atomic E-state index is 0.00254. The minimum Gasteiger partial charge on any atom is -0.493 e. The topological polar surface area (TPSA) is 76.8 Å². The Balaban J connectivity index is 1.67. The van der Waals surface area contributed by atoms with Gasteiger partial charge in [0.2, 0.25) is 5.91 Å². The number of ether oxygens (including phenoxy) is 2. The van der Waals surface area contributed by atoms with E-state index in [0.717, 1.165) is 50.6 Å². The molecule has 23 heavy (non-hydrogen) atoms. The third kappa shape index (κ3) is 4.22. The Morgan fingerprint density at radius 1 is 1.30 bits per heavy atom. The summed E-state index contributed by atoms with van der Waals surface area (Å²) in [6.07, 6.45) is 1.16. The van der Waals surface area contributed by atoms with Crippen LogP contribution >= 0.6 is 0 Å². The van der Waals surface area contributed by atoms with Crippen molar-refractivity contribution in [2.75, 3.05) is 39.5 Å². The van der Waals surface area contributed by atoms with Crippen molar-refractivity contribution in [2.45, 2.75) is 25.4 Å². The van der Waals surface area contributed by atoms with Gasteiger partial charge in [0.15, 0.2) is 0 Å². The van der Waals surface area contributed by atoms with Gasteiger partial charge in [-0.05, 0) is 11.6 Å². The number of nitrogens with one attached hydrogen (secondary N) is 1. The van der Waals surface area contributed by atoms with E-state index in [-0.39, 0.29) is 11.9 Å². The average molecular weight is 319 g/mol. The van der Waals surface area contributed by atoms with E-state index in [9.17, 15) is 4.79 Å². The molecule has 1 fully saturated rings. The number of hydrogen-bond acceptors (Lipinski definition) is 5. The van der Waals surface area contributed by atoms with Crippen molar-refractivity contribution in [1.82, 2.24) is 10.2 Å². The first kappa shape index (κ1) is 16.2. The van der Waals surface area contributed by atoms with E-state index in [1.54, 1.807) is 0 Å². The largest absolute Gasteiger partial charge is 0.493 e. The lowest BCUT2D eigenvalue weighted by molar-refractivity contribution is -0.121. The van der Waals surface area contributed by atoms with Crippen LogP contribution in [0.15, 0.2) is 18.2 Å². The molecule has 2 aliphatic heterocycles. The van der Waals surface area contributed by atoms with Crippen LogP contribution in [0, 0.1) is 0 Å². The molecule has 1 aromatic carbocycles. The van der Waals surface area contributed by atoms with Gasteiger partial charge in [0.05, 0.1) is 25.9 Å². The zero-order chi connectivity index (χ0) is 16.1. The fraction of sp³-hybridized carbons (Fsp3) is 0.588. The van der Waals surface area contributed by atoms with Gasteiger partial charge in [-0.15, -0.1) is 0 Å². The number of hydrogen-bond donors (Lipinski definition) is 2. The maximum Gasteiger partial charge on any atom is 0.221 e. The van der Waals surface area contributed by atoms with Crippen LogP contribution in [0.2, 0.25) is 0 Å². The van der Waals surface area contributed by atoms with Crippen molar-refractivity contribution in [2.24, 2.45) is 5.73 Å². The van der Waals surface area contributed by atoms with E-state index in [2.05, 4.69) is 28.4 Å². The number of fused-ring (bicyclic) bond motifs is 1. The van der Waals surface area contributed by atoms with Gasteiger partial charge >= 0.3 is 0 Å². The second kappa shape index (κ2) is 7.77. The van der Waals surface area contributed by atoms with Crippen molar-refractivity contribution in [3.63, 3.8) is 0 Å². The van der Waals surface area contributed by atoms with E-state index in [0.29, 0.717) is 19.6 Å². The van der Waals surface area contributed by atoms with Gasteiger partial charge in [-0.1, -0.05) is 12.1 Å². The molecule has 1 unspecified atom stereocenters. The number of carbonyl (C=O) groups is 1. The molecular weight excluding hydrogens is 294 g/mol. The molecule has 0 spiro atoms. The number of rotatable bonds is 5. The van der Waals surface area contributed by atoms with Gasteiger partial charge in [-0.3, -0.25) is 9.69 Å². The SMILES string of the molecule is NCCC(=O)NC1CCOc2cc(CN3CCOCC3)ccc21. The molecular formula is C17H25N3O3. The fourth-order valence-electron chi connectivity index (χ4n) is 3.10. The van der Waals surface area contributed by atoms with Gasteiger partial charge in [0, 0.05) is 44.6 Å². The molecule has 0 aliphatic carbocycles. The van der Waals surface area contributed by atoms with Crippen molar-refractivity contribution >= 4 is 5.91 Å². The summed E-state index contributed by atoms with van der Waals surface area (Å²) in [5.41, 5.74) is 7.74. The standard InChI is InChI=1S/C17H25N3O3/c18-5-3-17(21)19-15-4-8-23-16-11-13(1-2-14(15)16)12-20-6-9-22-10-7-20/h1-2,11,15H,3-10,12,18H2,(H,19,21). The van der Waals surface area contributed by atoms with Crippen LogP contribution < -0.4 is 15.8 Å². The Morgan fingerprint density at radius 2 is 2.13 bits per heavy atom. The number of benzene rings is 1. The monoisotopic (exact) mass is 319 g/mol. The lowest BCUT2D eigenvalue weighted by atomic mass is 9.98. The lowest BCUT2D eigenvalue weighted by Crippen LogP contribution is -2.35. The zero-order valence-corrected chi connectivity index (χ0v) is 13.4. The molecule has 0 saturated carbocycles. The quantitative estimate of drug-likeness (QED) is 0.840. The van der Waals surface area contributed by atoms with Crippen LogP contribution in [0.5, 0.6) is 5.75 Å². The highest BCUT2D eigenvalue weighted by Gasteiger charge is 2.23. The molecule has 2 aliphatic rings. The maximum absolute atomic E-state index is 11.8. The third-order valence-corrected chi connectivity index (χ3v) is 4.33. The highest BCUT2D eigenvalue weighted by molar-refractivity contribution is 5.76. The molecule has 3 rings (SSSR count). The van der Waals surface area contributed by atoms with E-state index in [1.165, 1.54) is 5.56 Å². The second-order valence-electron chi connectivity index (χ2n) is 6.06. The lowest BCUT2D eigenvalue weighted by Gasteiger charge is -2.29. The van der Waals surface area contributed by atoms with Gasteiger partial charge < -0.3 is 20.5 Å². The number of nitrogens with two attached hydrogens (primary N) is 1. The Morgan fingerprint density at radius 3 is 2.91 bits per heavy atom. The summed E-state index contributed by atoms with van der Waals surface area (Å²) in [6, 6.07) is 6.34. The molecule has 6 heteroatoms. The average Bonchev–Trinajstić information content (AvgIpc) is 2.56. The van der Waals surface area contributed by atoms with Crippen LogP contribution in [0.3, 0.4) is 0 Å². The second-order valence-corrected chi connectivity index (χ2v) is 6.06. The van der Waals surface area contributed by atoms with Gasteiger partial charge in [-0.25, -0.2) is 0 Å². The van der Waals surface area contributed by atoms with Crippen molar-refractivity contribution in [1.29, 1.82) is 0 Å². The first-order valence-electron chi connectivity index (χ1n) is 8.31. The summed E-state index contributed by atoms with van der Waals surface area (Å²) in [7, 11) is 0. The van der Waals surface area contributed by atoms with Crippen LogP contribution in [0.25, 0.3) is 0 Å². The molecule has 1 aromatic rings. The van der Waals surface area contributed by atoms with Crippen LogP contribution in [-0.2, 0) is 16.1 Å². The number of amides is 1. The predicted octanol–water partition coefficient (Wildman–Crippen LogP) is 0.807. The molecule has 3 N–H and O–H groups in total. The predicted molar refractivity (Wildman–Crippen MR) is 87.2 cm³/mol. The summed E-state index contributed by atoms with van der Waals surface area (Å²) in [4.78, 5) is 14.2. The van der Waals surface area contributed by atoms with E-state index in [4.69, 9.17) is 15.2 Å². The summed E-state index contributed by atoms with van der Waals surface area (Å²) in [6.45, 7) is 5.45. The molecule has 1 atom stereocenters. The van der Waals surface area contributed by atoms with E-state index in [1.807, 2.05) is 0 Å². The molecule has 2 heterocycles. The van der Waals surface area contributed by atoms with Crippen molar-refractivity contribution in [3.05, 3.63) is 29.3 Å². The van der Waals surface area contributed by atoms with E-state index < -0.39 is 0 Å². The summed E-state index contributed by atoms with van der Waals surface area (Å²) >= 11 is 0. The van der Waals surface area contributed by atoms with Gasteiger partial charge in [-0.2, -0.15) is 0 Å². The first-order chi connectivity index (χ1) is 11.3. The Kier molecular flexibility index (Phi) is 5.48. The first-order valence-corrected chi connectivity index (χ1v) is 8.31. The minimum atomic E-state index is 0.00254. The van der Waals surface area contributed by atoms with Crippen LogP contribution in [0.1, 0.15) is 30.0 Å². The normalized spacial score (nSPS) is 21.3. The third-order valence-electron chi connectivity index (χ3n) is 4.33. The molecule has 1 amide bonds. The summed E-state index contributed by atoms with van der Waals surface area (Å²) in [5.74, 6) is 0.891. The van der Waals surface area contributed by atoms with Crippen LogP contribution in [0.4, 0.5) is 0 Å². The summed E-state index contributed by atoms with van der Waals surface area (Å²) in [5, 5.41) is 3.05. The molecule has 126 valence electrons. The molecule has 0 aromatic heterocycles. The number of nitrogens with zero attached hydrogens (tertiary/aromatic N) is 1. The van der Waals surface area contributed by atoms with E-state index >= 15 is 0 Å². The van der Waals surface area contributed by atoms with Gasteiger partial charge in [0.1, 0.15) is 5.75 Å². The highest BCUT2D eigenvalue weighted by Crippen LogP contribution is 2.33. The molecule has 0 bridgehead atoms. The van der Waals surface area contributed by atoms with Crippen molar-refractivity contribution in [3.8, 4) is 5.75 Å². The summed E-state index contributed by atoms with van der Waals surface area (Å²) < 4.78 is 11.2. The zero-order valence-electron chi connectivity index (χ0n) is 13.4. The smallest absolute Gasteiger partial charge is 0.221 e. The van der Waals surface area contributed by atoms with Crippen molar-refractivity contribution < 1.29 is 14.3 Å². The Bertz CT molecular complexity index is 544. The van der Waals surface area contributed by atoms with Crippen LogP contribution in [-0.4, -0.2) is 50.3 Å². The molecule has 6 nitrogen and oxygen atoms in total.